The molecule has 0 aliphatic carbocycles. The Balaban J connectivity index is 2.38. The van der Waals surface area contributed by atoms with E-state index in [1.54, 1.807) is 18.3 Å². The van der Waals surface area contributed by atoms with E-state index in [4.69, 9.17) is 11.0 Å². The number of nitrogen functional groups attached to an aromatic ring is 1. The van der Waals surface area contributed by atoms with Crippen LogP contribution in [0.1, 0.15) is 16.7 Å². The first-order chi connectivity index (χ1) is 9.55. The molecule has 1 aromatic heterocycles. The lowest BCUT2D eigenvalue weighted by atomic mass is 10.1. The summed E-state index contributed by atoms with van der Waals surface area (Å²) in [7, 11) is 0. The summed E-state index contributed by atoms with van der Waals surface area (Å²) >= 11 is 3.28. The van der Waals surface area contributed by atoms with E-state index in [-0.39, 0.29) is 6.61 Å². The Bertz CT molecular complexity index is 696. The van der Waals surface area contributed by atoms with E-state index in [9.17, 15) is 5.11 Å². The number of aryl methyl sites for hydroxylation is 1. The number of hydrogen-bond acceptors (Lipinski definition) is 6. The van der Waals surface area contributed by atoms with Gasteiger partial charge in [0.25, 0.3) is 0 Å². The molecule has 0 aliphatic heterocycles. The van der Waals surface area contributed by atoms with Crippen LogP contribution in [-0.4, -0.2) is 15.1 Å². The summed E-state index contributed by atoms with van der Waals surface area (Å²) in [4.78, 5) is 8.21. The van der Waals surface area contributed by atoms with Gasteiger partial charge in [-0.2, -0.15) is 10.2 Å². The first-order valence-corrected chi connectivity index (χ1v) is 6.54. The van der Waals surface area contributed by atoms with E-state index >= 15 is 0 Å². The van der Waals surface area contributed by atoms with Gasteiger partial charge >= 0.3 is 0 Å². The van der Waals surface area contributed by atoms with Crippen LogP contribution < -0.4 is 11.1 Å². The SMILES string of the molecule is Cc1cnc(Nc2cc(C#N)c(Br)c(CO)c2)nc1N. The fraction of sp³-hybridized carbons (Fsp3) is 0.154. The zero-order valence-electron chi connectivity index (χ0n) is 10.7. The Morgan fingerprint density at radius 1 is 1.50 bits per heavy atom. The van der Waals surface area contributed by atoms with Crippen LogP contribution in [0.2, 0.25) is 0 Å². The summed E-state index contributed by atoms with van der Waals surface area (Å²) in [5, 5.41) is 21.3. The lowest BCUT2D eigenvalue weighted by molar-refractivity contribution is 0.281. The molecule has 0 bridgehead atoms. The van der Waals surface area contributed by atoms with Gasteiger partial charge < -0.3 is 16.2 Å². The minimum Gasteiger partial charge on any atom is -0.392 e. The number of nitrogens with one attached hydrogen (secondary N) is 1. The van der Waals surface area contributed by atoms with Crippen LogP contribution in [0, 0.1) is 18.3 Å². The van der Waals surface area contributed by atoms with Crippen LogP contribution in [0.25, 0.3) is 0 Å². The smallest absolute Gasteiger partial charge is 0.229 e. The minimum atomic E-state index is -0.179. The molecule has 0 unspecified atom stereocenters. The van der Waals surface area contributed by atoms with Gasteiger partial charge in [-0.25, -0.2) is 4.98 Å². The molecule has 4 N–H and O–H groups in total. The van der Waals surface area contributed by atoms with Crippen LogP contribution in [0.3, 0.4) is 0 Å². The Labute approximate surface area is 124 Å². The number of aliphatic hydroxyl groups excluding tert-OH is 1. The lowest BCUT2D eigenvalue weighted by Crippen LogP contribution is -2.03. The lowest BCUT2D eigenvalue weighted by Gasteiger charge is -2.10. The molecule has 0 amide bonds. The summed E-state index contributed by atoms with van der Waals surface area (Å²) in [5.41, 5.74) is 8.14. The van der Waals surface area contributed by atoms with Gasteiger partial charge in [-0.3, -0.25) is 0 Å². The van der Waals surface area contributed by atoms with Crippen molar-refractivity contribution in [2.45, 2.75) is 13.5 Å². The average Bonchev–Trinajstić information content (AvgIpc) is 2.44. The monoisotopic (exact) mass is 333 g/mol. The maximum atomic E-state index is 9.29. The van der Waals surface area contributed by atoms with Gasteiger partial charge in [0, 0.05) is 21.9 Å². The van der Waals surface area contributed by atoms with Crippen molar-refractivity contribution in [3.8, 4) is 6.07 Å². The molecular formula is C13H12BrN5O. The maximum Gasteiger partial charge on any atom is 0.229 e. The second kappa shape index (κ2) is 5.86. The van der Waals surface area contributed by atoms with E-state index in [1.165, 1.54) is 0 Å². The van der Waals surface area contributed by atoms with Gasteiger partial charge in [-0.1, -0.05) is 0 Å². The van der Waals surface area contributed by atoms with Crippen molar-refractivity contribution in [1.29, 1.82) is 5.26 Å². The largest absolute Gasteiger partial charge is 0.392 e. The number of benzene rings is 1. The number of halogens is 1. The highest BCUT2D eigenvalue weighted by Crippen LogP contribution is 2.27. The Morgan fingerprint density at radius 3 is 2.85 bits per heavy atom. The van der Waals surface area contributed by atoms with Crippen molar-refractivity contribution in [3.63, 3.8) is 0 Å². The molecular weight excluding hydrogens is 322 g/mol. The van der Waals surface area contributed by atoms with Crippen LogP contribution >= 0.6 is 15.9 Å². The van der Waals surface area contributed by atoms with Crippen molar-refractivity contribution >= 4 is 33.4 Å². The fourth-order valence-electron chi connectivity index (χ4n) is 1.60. The van der Waals surface area contributed by atoms with E-state index in [1.807, 2.05) is 6.92 Å². The van der Waals surface area contributed by atoms with Crippen LogP contribution in [-0.2, 0) is 6.61 Å². The summed E-state index contributed by atoms with van der Waals surface area (Å²) in [6, 6.07) is 5.41. The van der Waals surface area contributed by atoms with E-state index in [0.29, 0.717) is 33.1 Å². The molecule has 0 aliphatic rings. The summed E-state index contributed by atoms with van der Waals surface area (Å²) < 4.78 is 0.581. The highest BCUT2D eigenvalue weighted by Gasteiger charge is 2.09. The number of nitrogens with zero attached hydrogens (tertiary/aromatic N) is 3. The summed E-state index contributed by atoms with van der Waals surface area (Å²) in [6.07, 6.45) is 1.61. The van der Waals surface area contributed by atoms with Crippen molar-refractivity contribution in [2.75, 3.05) is 11.1 Å². The van der Waals surface area contributed by atoms with Gasteiger partial charge in [0.15, 0.2) is 0 Å². The number of hydrogen-bond donors (Lipinski definition) is 3. The molecule has 2 rings (SSSR count). The van der Waals surface area contributed by atoms with Crippen LogP contribution in [0.4, 0.5) is 17.5 Å². The number of nitrogens with two attached hydrogens (primary N) is 1. The van der Waals surface area contributed by atoms with Gasteiger partial charge in [0.2, 0.25) is 5.95 Å². The number of aromatic nitrogens is 2. The third-order valence-electron chi connectivity index (χ3n) is 2.71. The van der Waals surface area contributed by atoms with Crippen molar-refractivity contribution < 1.29 is 5.11 Å². The van der Waals surface area contributed by atoms with Crippen molar-refractivity contribution in [3.05, 3.63) is 39.5 Å². The van der Waals surface area contributed by atoms with Crippen molar-refractivity contribution in [1.82, 2.24) is 9.97 Å². The first-order valence-electron chi connectivity index (χ1n) is 5.74. The topological polar surface area (TPSA) is 108 Å². The highest BCUT2D eigenvalue weighted by molar-refractivity contribution is 9.10. The Kier molecular flexibility index (Phi) is 4.17. The number of nitriles is 1. The standard InChI is InChI=1S/C13H12BrN5O/c1-7-5-17-13(19-12(7)16)18-10-2-8(4-15)11(14)9(3-10)6-20/h2-3,5,20H,6H2,1H3,(H3,16,17,18,19). The predicted octanol–water partition coefficient (Wildman–Crippen LogP) is 2.24. The van der Waals surface area contributed by atoms with E-state index in [0.717, 1.165) is 5.56 Å². The fourth-order valence-corrected chi connectivity index (χ4v) is 2.04. The molecule has 0 spiro atoms. The molecule has 0 atom stereocenters. The molecule has 102 valence electrons. The van der Waals surface area contributed by atoms with Gasteiger partial charge in [0.05, 0.1) is 12.2 Å². The Hall–Kier alpha value is -2.17. The molecule has 20 heavy (non-hydrogen) atoms. The highest BCUT2D eigenvalue weighted by atomic mass is 79.9. The molecule has 2 aromatic rings. The maximum absolute atomic E-state index is 9.29. The third-order valence-corrected chi connectivity index (χ3v) is 3.64. The molecule has 0 saturated heterocycles. The normalized spacial score (nSPS) is 10.1. The molecule has 1 heterocycles. The van der Waals surface area contributed by atoms with Gasteiger partial charge in [-0.15, -0.1) is 0 Å². The Morgan fingerprint density at radius 2 is 2.25 bits per heavy atom. The predicted molar refractivity (Wildman–Crippen MR) is 79.2 cm³/mol. The first kappa shape index (κ1) is 14.2. The van der Waals surface area contributed by atoms with Gasteiger partial charge in [0.1, 0.15) is 11.9 Å². The van der Waals surface area contributed by atoms with Crippen molar-refractivity contribution in [2.24, 2.45) is 0 Å². The molecule has 0 radical (unpaired) electrons. The molecule has 0 fully saturated rings. The van der Waals surface area contributed by atoms with Crippen LogP contribution in [0.5, 0.6) is 0 Å². The molecule has 6 nitrogen and oxygen atoms in total. The number of rotatable bonds is 3. The quantitative estimate of drug-likeness (QED) is 0.794. The number of aliphatic hydroxyl groups is 1. The third kappa shape index (κ3) is 2.87. The number of anilines is 3. The minimum absolute atomic E-state index is 0.179. The zero-order chi connectivity index (χ0) is 14.7. The summed E-state index contributed by atoms with van der Waals surface area (Å²) in [6.45, 7) is 1.64. The zero-order valence-corrected chi connectivity index (χ0v) is 12.3. The molecule has 1 aromatic carbocycles. The molecule has 0 saturated carbocycles. The van der Waals surface area contributed by atoms with Crippen LogP contribution in [0.15, 0.2) is 22.8 Å². The van der Waals surface area contributed by atoms with Gasteiger partial charge in [-0.05, 0) is 40.5 Å². The second-order valence-electron chi connectivity index (χ2n) is 4.15. The molecule has 7 heteroatoms. The summed E-state index contributed by atoms with van der Waals surface area (Å²) in [5.74, 6) is 0.728. The average molecular weight is 334 g/mol. The van der Waals surface area contributed by atoms with E-state index < -0.39 is 0 Å². The second-order valence-corrected chi connectivity index (χ2v) is 4.95. The van der Waals surface area contributed by atoms with E-state index in [2.05, 4.69) is 37.3 Å².